The minimum Gasteiger partial charge on any atom is -0.359 e. The highest BCUT2D eigenvalue weighted by atomic mass is 32.2. The normalized spacial score (nSPS) is 11.5. The van der Waals surface area contributed by atoms with Crippen LogP contribution in [0.4, 0.5) is 5.82 Å². The number of nitrogens with zero attached hydrogens (tertiary/aromatic N) is 3. The van der Waals surface area contributed by atoms with E-state index in [1.165, 1.54) is 0 Å². The van der Waals surface area contributed by atoms with Crippen molar-refractivity contribution in [1.29, 1.82) is 0 Å². The Labute approximate surface area is 150 Å². The quantitative estimate of drug-likeness (QED) is 0.712. The molecule has 0 aliphatic carbocycles. The first-order valence-corrected chi connectivity index (χ1v) is 9.07. The van der Waals surface area contributed by atoms with Gasteiger partial charge in [-0.3, -0.25) is 9.36 Å². The van der Waals surface area contributed by atoms with Gasteiger partial charge in [-0.15, -0.1) is 0 Å². The molecule has 0 atom stereocenters. The van der Waals surface area contributed by atoms with E-state index in [-0.39, 0.29) is 11.3 Å². The van der Waals surface area contributed by atoms with E-state index in [0.717, 1.165) is 16.6 Å². The number of hydrogen-bond donors (Lipinski definition) is 1. The molecule has 0 saturated heterocycles. The molecule has 0 aliphatic rings. The van der Waals surface area contributed by atoms with Gasteiger partial charge in [-0.1, -0.05) is 43.8 Å². The van der Waals surface area contributed by atoms with Crippen LogP contribution in [0.25, 0.3) is 5.69 Å². The van der Waals surface area contributed by atoms with E-state index < -0.39 is 0 Å². The SMILES string of the molecule is CSc1nccn1-c1cccc(C(=O)Nc2cc(C(C)(C)C)on2)c1. The molecule has 0 radical (unpaired) electrons. The minimum absolute atomic E-state index is 0.161. The second-order valence-electron chi connectivity index (χ2n) is 6.61. The lowest BCUT2D eigenvalue weighted by Crippen LogP contribution is -2.13. The van der Waals surface area contributed by atoms with Crippen LogP contribution < -0.4 is 5.32 Å². The van der Waals surface area contributed by atoms with Crippen molar-refractivity contribution in [2.24, 2.45) is 0 Å². The summed E-state index contributed by atoms with van der Waals surface area (Å²) in [5, 5.41) is 7.56. The number of rotatable bonds is 4. The zero-order valence-electron chi connectivity index (χ0n) is 14.6. The van der Waals surface area contributed by atoms with Gasteiger partial charge >= 0.3 is 0 Å². The first-order valence-electron chi connectivity index (χ1n) is 7.85. The summed E-state index contributed by atoms with van der Waals surface area (Å²) in [4.78, 5) is 16.8. The molecule has 3 aromatic rings. The Morgan fingerprint density at radius 3 is 2.76 bits per heavy atom. The van der Waals surface area contributed by atoms with E-state index in [1.807, 2.05) is 56.0 Å². The molecule has 7 heteroatoms. The van der Waals surface area contributed by atoms with E-state index in [9.17, 15) is 4.79 Å². The fourth-order valence-corrected chi connectivity index (χ4v) is 2.84. The molecule has 6 nitrogen and oxygen atoms in total. The summed E-state index contributed by atoms with van der Waals surface area (Å²) in [7, 11) is 0. The van der Waals surface area contributed by atoms with Crippen molar-refractivity contribution in [3.63, 3.8) is 0 Å². The second kappa shape index (κ2) is 6.76. The maximum absolute atomic E-state index is 12.5. The maximum atomic E-state index is 12.5. The predicted octanol–water partition coefficient (Wildman–Crippen LogP) is 4.13. The number of nitrogens with one attached hydrogen (secondary N) is 1. The third-order valence-corrected chi connectivity index (χ3v) is 4.33. The number of amides is 1. The van der Waals surface area contributed by atoms with Gasteiger partial charge in [0.1, 0.15) is 5.76 Å². The van der Waals surface area contributed by atoms with Gasteiger partial charge in [-0.2, -0.15) is 0 Å². The number of carbonyl (C=O) groups is 1. The molecule has 130 valence electrons. The number of aromatic nitrogens is 3. The summed E-state index contributed by atoms with van der Waals surface area (Å²) in [5.74, 6) is 0.897. The second-order valence-corrected chi connectivity index (χ2v) is 7.39. The van der Waals surface area contributed by atoms with Gasteiger partial charge < -0.3 is 9.84 Å². The van der Waals surface area contributed by atoms with Gasteiger partial charge in [0.25, 0.3) is 5.91 Å². The van der Waals surface area contributed by atoms with Crippen molar-refractivity contribution in [1.82, 2.24) is 14.7 Å². The number of carbonyl (C=O) groups excluding carboxylic acids is 1. The first-order chi connectivity index (χ1) is 11.9. The molecule has 0 saturated carbocycles. The minimum atomic E-state index is -0.235. The van der Waals surface area contributed by atoms with Gasteiger partial charge in [0.05, 0.1) is 0 Å². The van der Waals surface area contributed by atoms with Crippen LogP contribution in [0.3, 0.4) is 0 Å². The number of hydrogen-bond acceptors (Lipinski definition) is 5. The van der Waals surface area contributed by atoms with Crippen molar-refractivity contribution in [2.75, 3.05) is 11.6 Å². The van der Waals surface area contributed by atoms with Crippen LogP contribution in [0.5, 0.6) is 0 Å². The molecule has 0 bridgehead atoms. The summed E-state index contributed by atoms with van der Waals surface area (Å²) in [6, 6.07) is 9.12. The molecule has 0 unspecified atom stereocenters. The van der Waals surface area contributed by atoms with Gasteiger partial charge in [-0.25, -0.2) is 4.98 Å². The van der Waals surface area contributed by atoms with Crippen molar-refractivity contribution < 1.29 is 9.32 Å². The Bertz CT molecular complexity index is 892. The highest BCUT2D eigenvalue weighted by molar-refractivity contribution is 7.98. The van der Waals surface area contributed by atoms with Gasteiger partial charge in [-0.05, 0) is 24.5 Å². The van der Waals surface area contributed by atoms with Crippen LogP contribution in [-0.4, -0.2) is 26.9 Å². The highest BCUT2D eigenvalue weighted by Gasteiger charge is 2.20. The number of imidazole rings is 1. The molecule has 1 aromatic carbocycles. The fraction of sp³-hybridized carbons (Fsp3) is 0.278. The lowest BCUT2D eigenvalue weighted by Gasteiger charge is -2.12. The van der Waals surface area contributed by atoms with E-state index in [4.69, 9.17) is 4.52 Å². The molecular formula is C18H20N4O2S. The molecule has 0 aliphatic heterocycles. The third-order valence-electron chi connectivity index (χ3n) is 3.67. The zero-order chi connectivity index (χ0) is 18.0. The maximum Gasteiger partial charge on any atom is 0.256 e. The Morgan fingerprint density at radius 2 is 2.08 bits per heavy atom. The number of benzene rings is 1. The number of anilines is 1. The molecule has 0 spiro atoms. The van der Waals surface area contributed by atoms with Crippen molar-refractivity contribution in [2.45, 2.75) is 31.3 Å². The van der Waals surface area contributed by atoms with Crippen LogP contribution in [0.1, 0.15) is 36.9 Å². The van der Waals surface area contributed by atoms with Gasteiger partial charge in [0, 0.05) is 35.1 Å². The standard InChI is InChI=1S/C18H20N4O2S/c1-18(2,3)14-11-15(21-24-14)20-16(23)12-6-5-7-13(10-12)22-9-8-19-17(22)25-4/h5-11H,1-4H3,(H,20,21,23). The summed E-state index contributed by atoms with van der Waals surface area (Å²) in [6.07, 6.45) is 5.57. The van der Waals surface area contributed by atoms with Crippen LogP contribution >= 0.6 is 11.8 Å². The summed E-state index contributed by atoms with van der Waals surface area (Å²) in [6.45, 7) is 6.07. The Balaban J connectivity index is 1.81. The smallest absolute Gasteiger partial charge is 0.256 e. The van der Waals surface area contributed by atoms with Gasteiger partial charge in [0.2, 0.25) is 0 Å². The van der Waals surface area contributed by atoms with E-state index in [2.05, 4.69) is 15.5 Å². The Hall–Kier alpha value is -2.54. The van der Waals surface area contributed by atoms with Gasteiger partial charge in [0.15, 0.2) is 11.0 Å². The van der Waals surface area contributed by atoms with Crippen molar-refractivity contribution >= 4 is 23.5 Å². The van der Waals surface area contributed by atoms with Crippen molar-refractivity contribution in [3.05, 3.63) is 54.0 Å². The largest absolute Gasteiger partial charge is 0.359 e. The monoisotopic (exact) mass is 356 g/mol. The lowest BCUT2D eigenvalue weighted by molar-refractivity contribution is 0.102. The molecule has 25 heavy (non-hydrogen) atoms. The molecule has 0 fully saturated rings. The van der Waals surface area contributed by atoms with E-state index in [0.29, 0.717) is 11.4 Å². The summed E-state index contributed by atoms with van der Waals surface area (Å²) in [5.41, 5.74) is 1.26. The molecular weight excluding hydrogens is 336 g/mol. The first kappa shape index (κ1) is 17.3. The Kier molecular flexibility index (Phi) is 4.67. The average molecular weight is 356 g/mol. The third kappa shape index (κ3) is 3.76. The molecule has 2 heterocycles. The number of thioether (sulfide) groups is 1. The van der Waals surface area contributed by atoms with E-state index >= 15 is 0 Å². The highest BCUT2D eigenvalue weighted by Crippen LogP contribution is 2.25. The molecule has 2 aromatic heterocycles. The molecule has 3 rings (SSSR count). The van der Waals surface area contributed by atoms with Crippen LogP contribution in [0.15, 0.2) is 52.4 Å². The topological polar surface area (TPSA) is 73.0 Å². The summed E-state index contributed by atoms with van der Waals surface area (Å²) >= 11 is 1.55. The van der Waals surface area contributed by atoms with Crippen LogP contribution in [0.2, 0.25) is 0 Å². The van der Waals surface area contributed by atoms with E-state index in [1.54, 1.807) is 30.1 Å². The zero-order valence-corrected chi connectivity index (χ0v) is 15.4. The predicted molar refractivity (Wildman–Crippen MR) is 98.5 cm³/mol. The van der Waals surface area contributed by atoms with Crippen LogP contribution in [-0.2, 0) is 5.41 Å². The fourth-order valence-electron chi connectivity index (χ4n) is 2.31. The summed E-state index contributed by atoms with van der Waals surface area (Å²) < 4.78 is 7.24. The van der Waals surface area contributed by atoms with Crippen molar-refractivity contribution in [3.8, 4) is 5.69 Å². The molecule has 1 N–H and O–H groups in total. The Morgan fingerprint density at radius 1 is 1.28 bits per heavy atom. The van der Waals surface area contributed by atoms with Crippen LogP contribution in [0, 0.1) is 0 Å². The molecule has 1 amide bonds. The lowest BCUT2D eigenvalue weighted by atomic mass is 9.93. The average Bonchev–Trinajstić information content (AvgIpc) is 3.23.